The highest BCUT2D eigenvalue weighted by molar-refractivity contribution is 4.93. The van der Waals surface area contributed by atoms with E-state index in [1.165, 1.54) is 12.8 Å². The summed E-state index contributed by atoms with van der Waals surface area (Å²) in [5.74, 6) is 0. The van der Waals surface area contributed by atoms with Crippen molar-refractivity contribution in [3.63, 3.8) is 0 Å². The standard InChI is InChI=1S/C13H27NO2/c1-5-13(4,14-8-6-7-9-14)12(15)10-16-11(2)3/h11-12,15H,5-10H2,1-4H3. The SMILES string of the molecule is CCC(C)(C(O)COC(C)C)N1CCCC1. The van der Waals surface area contributed by atoms with E-state index in [-0.39, 0.29) is 11.6 Å². The average Bonchev–Trinajstić information content (AvgIpc) is 2.78. The molecule has 1 fully saturated rings. The molecule has 0 saturated carbocycles. The van der Waals surface area contributed by atoms with Gasteiger partial charge in [0.15, 0.2) is 0 Å². The Morgan fingerprint density at radius 1 is 1.31 bits per heavy atom. The average molecular weight is 229 g/mol. The van der Waals surface area contributed by atoms with Crippen molar-refractivity contribution in [3.05, 3.63) is 0 Å². The molecule has 16 heavy (non-hydrogen) atoms. The number of ether oxygens (including phenoxy) is 1. The predicted molar refractivity (Wildman–Crippen MR) is 66.6 cm³/mol. The smallest absolute Gasteiger partial charge is 0.0954 e. The van der Waals surface area contributed by atoms with Crippen molar-refractivity contribution in [2.24, 2.45) is 0 Å². The fraction of sp³-hybridized carbons (Fsp3) is 1.00. The van der Waals surface area contributed by atoms with Crippen LogP contribution in [0.25, 0.3) is 0 Å². The Bertz CT molecular complexity index is 202. The van der Waals surface area contributed by atoms with E-state index in [0.29, 0.717) is 6.61 Å². The number of hydrogen-bond donors (Lipinski definition) is 1. The zero-order valence-corrected chi connectivity index (χ0v) is 11.2. The van der Waals surface area contributed by atoms with Crippen LogP contribution in [0.4, 0.5) is 0 Å². The van der Waals surface area contributed by atoms with Gasteiger partial charge < -0.3 is 9.84 Å². The second kappa shape index (κ2) is 5.99. The molecule has 1 N–H and O–H groups in total. The molecule has 96 valence electrons. The Labute approximate surface area is 99.8 Å². The molecule has 0 spiro atoms. The second-order valence-corrected chi connectivity index (χ2v) is 5.30. The zero-order valence-electron chi connectivity index (χ0n) is 11.2. The Kier molecular flexibility index (Phi) is 5.22. The van der Waals surface area contributed by atoms with Crippen LogP contribution < -0.4 is 0 Å². The number of hydrogen-bond acceptors (Lipinski definition) is 3. The monoisotopic (exact) mass is 229 g/mol. The van der Waals surface area contributed by atoms with Crippen LogP contribution >= 0.6 is 0 Å². The third-order valence-electron chi connectivity index (χ3n) is 3.85. The summed E-state index contributed by atoms with van der Waals surface area (Å²) in [4.78, 5) is 2.42. The summed E-state index contributed by atoms with van der Waals surface area (Å²) in [5, 5.41) is 10.3. The van der Waals surface area contributed by atoms with Crippen molar-refractivity contribution in [1.82, 2.24) is 4.90 Å². The highest BCUT2D eigenvalue weighted by Crippen LogP contribution is 2.28. The summed E-state index contributed by atoms with van der Waals surface area (Å²) in [7, 11) is 0. The first-order chi connectivity index (χ1) is 7.50. The van der Waals surface area contributed by atoms with Gasteiger partial charge in [-0.1, -0.05) is 6.92 Å². The molecule has 0 radical (unpaired) electrons. The molecular weight excluding hydrogens is 202 g/mol. The van der Waals surface area contributed by atoms with Gasteiger partial charge in [0.05, 0.1) is 18.8 Å². The summed E-state index contributed by atoms with van der Waals surface area (Å²) >= 11 is 0. The first-order valence-electron chi connectivity index (χ1n) is 6.55. The Hall–Kier alpha value is -0.120. The van der Waals surface area contributed by atoms with E-state index in [9.17, 15) is 5.11 Å². The van der Waals surface area contributed by atoms with Crippen LogP contribution in [0, 0.1) is 0 Å². The molecule has 3 nitrogen and oxygen atoms in total. The molecule has 1 heterocycles. The van der Waals surface area contributed by atoms with Gasteiger partial charge in [-0.25, -0.2) is 0 Å². The summed E-state index contributed by atoms with van der Waals surface area (Å²) < 4.78 is 5.53. The van der Waals surface area contributed by atoms with Gasteiger partial charge in [0.2, 0.25) is 0 Å². The molecule has 1 aliphatic rings. The van der Waals surface area contributed by atoms with Gasteiger partial charge in [0.25, 0.3) is 0 Å². The maximum atomic E-state index is 10.3. The molecule has 0 bridgehead atoms. The number of aliphatic hydroxyl groups excluding tert-OH is 1. The first kappa shape index (κ1) is 13.9. The molecular formula is C13H27NO2. The van der Waals surface area contributed by atoms with Gasteiger partial charge in [0, 0.05) is 5.54 Å². The lowest BCUT2D eigenvalue weighted by molar-refractivity contribution is -0.0722. The minimum atomic E-state index is -0.391. The van der Waals surface area contributed by atoms with Gasteiger partial charge in [0.1, 0.15) is 0 Å². The maximum absolute atomic E-state index is 10.3. The van der Waals surface area contributed by atoms with E-state index < -0.39 is 6.10 Å². The molecule has 0 aliphatic carbocycles. The first-order valence-corrected chi connectivity index (χ1v) is 6.55. The quantitative estimate of drug-likeness (QED) is 0.756. The van der Waals surface area contributed by atoms with Gasteiger partial charge in [-0.3, -0.25) is 4.90 Å². The van der Waals surface area contributed by atoms with Crippen LogP contribution in [-0.4, -0.2) is 47.4 Å². The fourth-order valence-corrected chi connectivity index (χ4v) is 2.36. The molecule has 0 aromatic heterocycles. The lowest BCUT2D eigenvalue weighted by atomic mass is 9.90. The summed E-state index contributed by atoms with van der Waals surface area (Å²) in [6.07, 6.45) is 3.28. The highest BCUT2D eigenvalue weighted by atomic mass is 16.5. The van der Waals surface area contributed by atoms with E-state index in [4.69, 9.17) is 4.74 Å². The van der Waals surface area contributed by atoms with Crippen molar-refractivity contribution in [1.29, 1.82) is 0 Å². The predicted octanol–water partition coefficient (Wildman–Crippen LogP) is 2.04. The number of likely N-dealkylation sites (tertiary alicyclic amines) is 1. The fourth-order valence-electron chi connectivity index (χ4n) is 2.36. The van der Waals surface area contributed by atoms with Crippen molar-refractivity contribution in [2.45, 2.75) is 64.7 Å². The molecule has 1 saturated heterocycles. The van der Waals surface area contributed by atoms with Crippen LogP contribution in [0.2, 0.25) is 0 Å². The molecule has 0 amide bonds. The van der Waals surface area contributed by atoms with Crippen LogP contribution in [0.3, 0.4) is 0 Å². The van der Waals surface area contributed by atoms with E-state index in [1.54, 1.807) is 0 Å². The molecule has 0 aromatic carbocycles. The van der Waals surface area contributed by atoms with Crippen LogP contribution in [0.5, 0.6) is 0 Å². The molecule has 2 unspecified atom stereocenters. The lowest BCUT2D eigenvalue weighted by Gasteiger charge is -2.42. The summed E-state index contributed by atoms with van der Waals surface area (Å²) in [5.41, 5.74) is -0.120. The van der Waals surface area contributed by atoms with Crippen molar-refractivity contribution in [2.75, 3.05) is 19.7 Å². The van der Waals surface area contributed by atoms with E-state index in [0.717, 1.165) is 19.5 Å². The summed E-state index contributed by atoms with van der Waals surface area (Å²) in [6, 6.07) is 0. The number of aliphatic hydroxyl groups is 1. The Balaban J connectivity index is 2.55. The summed E-state index contributed by atoms with van der Waals surface area (Å²) in [6.45, 7) is 11.0. The molecule has 1 aliphatic heterocycles. The van der Waals surface area contributed by atoms with E-state index in [1.807, 2.05) is 13.8 Å². The van der Waals surface area contributed by atoms with Crippen LogP contribution in [0.1, 0.15) is 47.0 Å². The van der Waals surface area contributed by atoms with Gasteiger partial charge in [-0.05, 0) is 53.1 Å². The normalized spacial score (nSPS) is 23.6. The zero-order chi connectivity index (χ0) is 12.2. The third-order valence-corrected chi connectivity index (χ3v) is 3.85. The van der Waals surface area contributed by atoms with Crippen LogP contribution in [-0.2, 0) is 4.74 Å². The van der Waals surface area contributed by atoms with E-state index >= 15 is 0 Å². The third kappa shape index (κ3) is 3.19. The maximum Gasteiger partial charge on any atom is 0.0954 e. The largest absolute Gasteiger partial charge is 0.389 e. The molecule has 1 rings (SSSR count). The minimum absolute atomic E-state index is 0.120. The molecule has 2 atom stereocenters. The topological polar surface area (TPSA) is 32.7 Å². The van der Waals surface area contributed by atoms with E-state index in [2.05, 4.69) is 18.7 Å². The Morgan fingerprint density at radius 2 is 1.88 bits per heavy atom. The van der Waals surface area contributed by atoms with Crippen molar-refractivity contribution in [3.8, 4) is 0 Å². The van der Waals surface area contributed by atoms with Crippen molar-refractivity contribution < 1.29 is 9.84 Å². The van der Waals surface area contributed by atoms with Gasteiger partial charge >= 0.3 is 0 Å². The molecule has 3 heteroatoms. The van der Waals surface area contributed by atoms with Crippen LogP contribution in [0.15, 0.2) is 0 Å². The minimum Gasteiger partial charge on any atom is -0.389 e. The number of nitrogens with zero attached hydrogens (tertiary/aromatic N) is 1. The van der Waals surface area contributed by atoms with Crippen molar-refractivity contribution >= 4 is 0 Å². The highest BCUT2D eigenvalue weighted by Gasteiger charge is 2.38. The number of rotatable bonds is 6. The van der Waals surface area contributed by atoms with Gasteiger partial charge in [-0.15, -0.1) is 0 Å². The second-order valence-electron chi connectivity index (χ2n) is 5.30. The lowest BCUT2D eigenvalue weighted by Crippen LogP contribution is -2.54. The van der Waals surface area contributed by atoms with Gasteiger partial charge in [-0.2, -0.15) is 0 Å². The molecule has 0 aromatic rings. The Morgan fingerprint density at radius 3 is 2.31 bits per heavy atom.